The third-order valence-electron chi connectivity index (χ3n) is 6.23. The van der Waals surface area contributed by atoms with Crippen molar-refractivity contribution in [1.82, 2.24) is 0 Å². The van der Waals surface area contributed by atoms with Crippen LogP contribution in [0.5, 0.6) is 0 Å². The summed E-state index contributed by atoms with van der Waals surface area (Å²) in [6.07, 6.45) is 19.8. The summed E-state index contributed by atoms with van der Waals surface area (Å²) in [6.45, 7) is 0. The van der Waals surface area contributed by atoms with E-state index in [4.69, 9.17) is 0 Å². The predicted octanol–water partition coefficient (Wildman–Crippen LogP) is 7.47. The van der Waals surface area contributed by atoms with Gasteiger partial charge in [0.05, 0.1) is 0 Å². The summed E-state index contributed by atoms with van der Waals surface area (Å²) in [5.41, 5.74) is 1.56. The Bertz CT molecular complexity index is 766. The van der Waals surface area contributed by atoms with Gasteiger partial charge in [-0.15, -0.1) is 0 Å². The average Bonchev–Trinajstić information content (AvgIpc) is 2.75. The Labute approximate surface area is 160 Å². The molecule has 2 aromatic rings. The van der Waals surface area contributed by atoms with Gasteiger partial charge in [-0.2, -0.15) is 10.0 Å². The lowest BCUT2D eigenvalue weighted by molar-refractivity contribution is 0.443. The van der Waals surface area contributed by atoms with Crippen molar-refractivity contribution in [2.24, 2.45) is 0 Å². The van der Waals surface area contributed by atoms with Gasteiger partial charge in [0.2, 0.25) is 0 Å². The molecular formula is C25H30S. The van der Waals surface area contributed by atoms with Gasteiger partial charge >= 0.3 is 0 Å². The molecule has 0 aliphatic heterocycles. The van der Waals surface area contributed by atoms with E-state index in [-0.39, 0.29) is 0 Å². The Hall–Kier alpha value is -1.73. The monoisotopic (exact) mass is 362 g/mol. The van der Waals surface area contributed by atoms with Gasteiger partial charge in [0.25, 0.3) is 0 Å². The van der Waals surface area contributed by atoms with Gasteiger partial charge in [-0.3, -0.25) is 0 Å². The van der Waals surface area contributed by atoms with E-state index in [9.17, 15) is 0 Å². The van der Waals surface area contributed by atoms with Crippen molar-refractivity contribution in [1.29, 1.82) is 0 Å². The molecule has 2 aliphatic rings. The van der Waals surface area contributed by atoms with Crippen LogP contribution in [-0.2, 0) is 0 Å². The fourth-order valence-electron chi connectivity index (χ4n) is 4.55. The molecule has 1 heteroatoms. The zero-order valence-corrected chi connectivity index (χ0v) is 16.6. The summed E-state index contributed by atoms with van der Waals surface area (Å²) >= 11 is 0. The highest BCUT2D eigenvalue weighted by Crippen LogP contribution is 2.64. The van der Waals surface area contributed by atoms with Gasteiger partial charge in [-0.05, 0) is 71.1 Å². The minimum atomic E-state index is -1.08. The Morgan fingerprint density at radius 2 is 1.46 bits per heavy atom. The standard InChI is InChI=1S/C25H30S/c1-26(23-13-7-3-8-14-23,24-15-9-4-10-16-24)25-19-17-22(18-20-25)21-11-5-2-6-12-21/h3-4,7-10,13-15,17-21,24H,2,5-6,11-12,16H2,1H3. The van der Waals surface area contributed by atoms with Gasteiger partial charge in [0.1, 0.15) is 0 Å². The molecule has 0 saturated heterocycles. The number of benzene rings is 2. The van der Waals surface area contributed by atoms with Crippen molar-refractivity contribution >= 4 is 10.0 Å². The third-order valence-corrected chi connectivity index (χ3v) is 10.3. The third kappa shape index (κ3) is 3.42. The molecule has 4 rings (SSSR count). The molecule has 0 bridgehead atoms. The molecule has 0 spiro atoms. The summed E-state index contributed by atoms with van der Waals surface area (Å²) in [4.78, 5) is 3.02. The van der Waals surface area contributed by atoms with Crippen LogP contribution in [0.3, 0.4) is 0 Å². The second kappa shape index (κ2) is 7.88. The molecule has 0 N–H and O–H groups in total. The smallest absolute Gasteiger partial charge is 0.0181 e. The van der Waals surface area contributed by atoms with E-state index in [0.717, 1.165) is 12.3 Å². The van der Waals surface area contributed by atoms with Crippen LogP contribution in [-0.4, -0.2) is 11.5 Å². The molecule has 0 radical (unpaired) electrons. The van der Waals surface area contributed by atoms with E-state index >= 15 is 0 Å². The van der Waals surface area contributed by atoms with Gasteiger partial charge < -0.3 is 0 Å². The maximum atomic E-state index is 2.51. The number of hydrogen-bond donors (Lipinski definition) is 0. The Morgan fingerprint density at radius 3 is 2.12 bits per heavy atom. The molecule has 0 heterocycles. The van der Waals surface area contributed by atoms with Gasteiger partial charge in [-0.25, -0.2) is 0 Å². The highest BCUT2D eigenvalue weighted by molar-refractivity contribution is 8.33. The maximum absolute atomic E-state index is 2.51. The molecule has 1 saturated carbocycles. The number of allylic oxidation sites excluding steroid dienone is 3. The Kier molecular flexibility index (Phi) is 5.36. The molecular weight excluding hydrogens is 332 g/mol. The lowest BCUT2D eigenvalue weighted by Crippen LogP contribution is -2.17. The molecule has 0 nitrogen and oxygen atoms in total. The van der Waals surface area contributed by atoms with Gasteiger partial charge in [0, 0.05) is 5.25 Å². The summed E-state index contributed by atoms with van der Waals surface area (Å²) in [5.74, 6) is 0.785. The first-order valence-corrected chi connectivity index (χ1v) is 12.1. The topological polar surface area (TPSA) is 0 Å². The zero-order valence-electron chi connectivity index (χ0n) is 15.8. The highest BCUT2D eigenvalue weighted by Gasteiger charge is 2.31. The first kappa shape index (κ1) is 17.7. The molecule has 2 unspecified atom stereocenters. The Balaban J connectivity index is 1.70. The van der Waals surface area contributed by atoms with Crippen molar-refractivity contribution in [2.75, 3.05) is 6.26 Å². The molecule has 0 aromatic heterocycles. The van der Waals surface area contributed by atoms with Crippen LogP contribution in [0.4, 0.5) is 0 Å². The van der Waals surface area contributed by atoms with Crippen LogP contribution in [0.2, 0.25) is 0 Å². The minimum absolute atomic E-state index is 0.579. The van der Waals surface area contributed by atoms with Crippen molar-refractivity contribution < 1.29 is 0 Å². The molecule has 2 aliphatic carbocycles. The minimum Gasteiger partial charge on any atom is -0.184 e. The van der Waals surface area contributed by atoms with Crippen LogP contribution >= 0.6 is 10.0 Å². The van der Waals surface area contributed by atoms with E-state index in [0.29, 0.717) is 5.25 Å². The lowest BCUT2D eigenvalue weighted by atomic mass is 9.84. The fourth-order valence-corrected chi connectivity index (χ4v) is 7.85. The normalized spacial score (nSPS) is 24.1. The Morgan fingerprint density at radius 1 is 0.769 bits per heavy atom. The molecule has 0 amide bonds. The first-order chi connectivity index (χ1) is 12.8. The fraction of sp³-hybridized carbons (Fsp3) is 0.360. The second-order valence-corrected chi connectivity index (χ2v) is 11.3. The largest absolute Gasteiger partial charge is 0.184 e. The number of rotatable bonds is 4. The summed E-state index contributed by atoms with van der Waals surface area (Å²) in [6, 6.07) is 20.9. The first-order valence-electron chi connectivity index (χ1n) is 10.0. The summed E-state index contributed by atoms with van der Waals surface area (Å²) in [5, 5.41) is 0.579. The maximum Gasteiger partial charge on any atom is 0.0181 e. The average molecular weight is 363 g/mol. The van der Waals surface area contributed by atoms with E-state index in [1.54, 1.807) is 5.56 Å². The van der Waals surface area contributed by atoms with Crippen molar-refractivity contribution in [3.05, 3.63) is 84.5 Å². The van der Waals surface area contributed by atoms with Crippen LogP contribution in [0.25, 0.3) is 0 Å². The molecule has 1 fully saturated rings. The zero-order chi connectivity index (χ0) is 17.8. The second-order valence-electron chi connectivity index (χ2n) is 7.79. The SMILES string of the molecule is CS(c1ccccc1)(c1ccc(C2CCCCC2)cc1)C1C=CC=CC1. The van der Waals surface area contributed by atoms with E-state index in [1.165, 1.54) is 41.9 Å². The molecule has 2 atom stereocenters. The van der Waals surface area contributed by atoms with Crippen molar-refractivity contribution in [3.63, 3.8) is 0 Å². The van der Waals surface area contributed by atoms with E-state index in [2.05, 4.69) is 85.2 Å². The molecule has 136 valence electrons. The lowest BCUT2D eigenvalue weighted by Gasteiger charge is -2.43. The van der Waals surface area contributed by atoms with Crippen molar-refractivity contribution in [3.8, 4) is 0 Å². The van der Waals surface area contributed by atoms with Crippen LogP contribution in [0.15, 0.2) is 88.7 Å². The highest BCUT2D eigenvalue weighted by atomic mass is 32.3. The van der Waals surface area contributed by atoms with Gasteiger partial charge in [0.15, 0.2) is 0 Å². The molecule has 26 heavy (non-hydrogen) atoms. The van der Waals surface area contributed by atoms with Crippen LogP contribution < -0.4 is 0 Å². The van der Waals surface area contributed by atoms with Gasteiger partial charge in [-0.1, -0.05) is 73.9 Å². The summed E-state index contributed by atoms with van der Waals surface area (Å²) < 4.78 is 0. The van der Waals surface area contributed by atoms with E-state index < -0.39 is 10.0 Å². The van der Waals surface area contributed by atoms with Crippen LogP contribution in [0.1, 0.15) is 50.0 Å². The van der Waals surface area contributed by atoms with E-state index in [1.807, 2.05) is 0 Å². The summed E-state index contributed by atoms with van der Waals surface area (Å²) in [7, 11) is -1.08. The van der Waals surface area contributed by atoms with Crippen molar-refractivity contribution in [2.45, 2.75) is 59.5 Å². The van der Waals surface area contributed by atoms with Crippen LogP contribution in [0, 0.1) is 0 Å². The molecule has 2 aromatic carbocycles. The predicted molar refractivity (Wildman–Crippen MR) is 115 cm³/mol. The quantitative estimate of drug-likeness (QED) is 0.529. The number of hydrogen-bond acceptors (Lipinski definition) is 0.